The number of hydrogen-bond donors (Lipinski definition) is 1. The van der Waals surface area contributed by atoms with Gasteiger partial charge in [0.15, 0.2) is 5.78 Å². The lowest BCUT2D eigenvalue weighted by atomic mass is 9.79. The number of halogens is 1. The third kappa shape index (κ3) is 3.63. The summed E-state index contributed by atoms with van der Waals surface area (Å²) in [5.41, 5.74) is 0.403. The van der Waals surface area contributed by atoms with Gasteiger partial charge in [-0.1, -0.05) is 12.1 Å². The number of carbonyl (C=O) groups is 2. The lowest BCUT2D eigenvalue weighted by Crippen LogP contribution is -2.22. The van der Waals surface area contributed by atoms with Crippen LogP contribution in [0.2, 0.25) is 0 Å². The fourth-order valence-corrected chi connectivity index (χ4v) is 2.66. The van der Waals surface area contributed by atoms with Crippen LogP contribution >= 0.6 is 0 Å². The van der Waals surface area contributed by atoms with E-state index in [1.165, 1.54) is 18.2 Å². The van der Waals surface area contributed by atoms with Crippen LogP contribution in [0.15, 0.2) is 24.3 Å². The number of Topliss-reactive ketones (excluding diaryl/α,β-unsaturated/α-hetero) is 1. The molecule has 1 N–H and O–H groups in total. The lowest BCUT2D eigenvalue weighted by Gasteiger charge is -2.25. The number of rotatable bonds is 4. The molecule has 0 aliphatic heterocycles. The first-order valence-corrected chi connectivity index (χ1v) is 6.58. The Labute approximate surface area is 111 Å². The normalized spacial score (nSPS) is 23.0. The standard InChI is InChI=1S/C15H17FO3/c16-13-3-1-2-12(9-13)14(17)8-10-4-6-11(7-5-10)15(18)19/h1-3,9-11H,4-8H2,(H,18,19). The van der Waals surface area contributed by atoms with Crippen LogP contribution in [0.3, 0.4) is 0 Å². The van der Waals surface area contributed by atoms with Gasteiger partial charge in [-0.25, -0.2) is 4.39 Å². The molecule has 0 spiro atoms. The van der Waals surface area contributed by atoms with E-state index in [2.05, 4.69) is 0 Å². The van der Waals surface area contributed by atoms with Crippen molar-refractivity contribution in [1.82, 2.24) is 0 Å². The minimum atomic E-state index is -0.741. The number of carboxylic acids is 1. The maximum atomic E-state index is 13.0. The Balaban J connectivity index is 1.89. The summed E-state index contributed by atoms with van der Waals surface area (Å²) in [7, 11) is 0. The second kappa shape index (κ2) is 5.95. The minimum absolute atomic E-state index is 0.0572. The van der Waals surface area contributed by atoms with Crippen molar-refractivity contribution in [2.24, 2.45) is 11.8 Å². The predicted molar refractivity (Wildman–Crippen MR) is 68.4 cm³/mol. The van der Waals surface area contributed by atoms with Crippen LogP contribution in [-0.4, -0.2) is 16.9 Å². The molecule has 0 saturated heterocycles. The molecule has 2 rings (SSSR count). The number of carboxylic acid groups (broad SMARTS) is 1. The van der Waals surface area contributed by atoms with Crippen LogP contribution in [-0.2, 0) is 4.79 Å². The van der Waals surface area contributed by atoms with Gasteiger partial charge in [0.25, 0.3) is 0 Å². The molecule has 0 radical (unpaired) electrons. The average Bonchev–Trinajstić information content (AvgIpc) is 2.39. The lowest BCUT2D eigenvalue weighted by molar-refractivity contribution is -0.143. The highest BCUT2D eigenvalue weighted by atomic mass is 19.1. The fraction of sp³-hybridized carbons (Fsp3) is 0.467. The largest absolute Gasteiger partial charge is 0.481 e. The Morgan fingerprint density at radius 1 is 1.21 bits per heavy atom. The van der Waals surface area contributed by atoms with Crippen molar-refractivity contribution in [2.75, 3.05) is 0 Å². The molecule has 0 amide bonds. The topological polar surface area (TPSA) is 54.4 Å². The molecule has 0 atom stereocenters. The summed E-state index contributed by atoms with van der Waals surface area (Å²) in [6, 6.07) is 5.72. The van der Waals surface area contributed by atoms with E-state index in [4.69, 9.17) is 5.11 Å². The van der Waals surface area contributed by atoms with Crippen molar-refractivity contribution in [2.45, 2.75) is 32.1 Å². The first-order valence-electron chi connectivity index (χ1n) is 6.58. The summed E-state index contributed by atoms with van der Waals surface area (Å²) in [5.74, 6) is -1.24. The number of benzene rings is 1. The van der Waals surface area contributed by atoms with Gasteiger partial charge in [0.1, 0.15) is 5.82 Å². The van der Waals surface area contributed by atoms with Gasteiger partial charge in [-0.2, -0.15) is 0 Å². The SMILES string of the molecule is O=C(CC1CCC(C(=O)O)CC1)c1cccc(F)c1. The zero-order valence-electron chi connectivity index (χ0n) is 10.6. The van der Waals surface area contributed by atoms with Crippen LogP contribution in [0.1, 0.15) is 42.5 Å². The second-order valence-corrected chi connectivity index (χ2v) is 5.19. The minimum Gasteiger partial charge on any atom is -0.481 e. The van der Waals surface area contributed by atoms with Crippen LogP contribution in [0.5, 0.6) is 0 Å². The monoisotopic (exact) mass is 264 g/mol. The van der Waals surface area contributed by atoms with Gasteiger partial charge < -0.3 is 5.11 Å². The van der Waals surface area contributed by atoms with E-state index in [-0.39, 0.29) is 17.6 Å². The third-order valence-electron chi connectivity index (χ3n) is 3.82. The highest BCUT2D eigenvalue weighted by Gasteiger charge is 2.27. The number of hydrogen-bond acceptors (Lipinski definition) is 2. The van der Waals surface area contributed by atoms with E-state index in [0.717, 1.165) is 12.8 Å². The zero-order valence-corrected chi connectivity index (χ0v) is 10.6. The molecule has 1 aromatic carbocycles. The molecule has 0 bridgehead atoms. The average molecular weight is 264 g/mol. The molecule has 1 saturated carbocycles. The van der Waals surface area contributed by atoms with E-state index in [1.807, 2.05) is 0 Å². The van der Waals surface area contributed by atoms with Crippen molar-refractivity contribution >= 4 is 11.8 Å². The van der Waals surface area contributed by atoms with Crippen molar-refractivity contribution in [1.29, 1.82) is 0 Å². The maximum absolute atomic E-state index is 13.0. The number of carbonyl (C=O) groups excluding carboxylic acids is 1. The molecule has 4 heteroatoms. The Bertz CT molecular complexity index is 476. The molecule has 1 fully saturated rings. The molecule has 1 aliphatic carbocycles. The molecule has 19 heavy (non-hydrogen) atoms. The van der Waals surface area contributed by atoms with E-state index in [1.54, 1.807) is 6.07 Å². The van der Waals surface area contributed by atoms with E-state index >= 15 is 0 Å². The van der Waals surface area contributed by atoms with Crippen LogP contribution < -0.4 is 0 Å². The van der Waals surface area contributed by atoms with E-state index in [9.17, 15) is 14.0 Å². The Hall–Kier alpha value is -1.71. The summed E-state index contributed by atoms with van der Waals surface area (Å²) in [4.78, 5) is 22.8. The van der Waals surface area contributed by atoms with Gasteiger partial charge in [-0.3, -0.25) is 9.59 Å². The summed E-state index contributed by atoms with van der Waals surface area (Å²) >= 11 is 0. The number of ketones is 1. The fourth-order valence-electron chi connectivity index (χ4n) is 2.66. The molecular formula is C15H17FO3. The first-order chi connectivity index (χ1) is 9.06. The third-order valence-corrected chi connectivity index (χ3v) is 3.82. The molecule has 1 aromatic rings. The summed E-state index contributed by atoms with van der Waals surface area (Å²) in [6.07, 6.45) is 3.18. The smallest absolute Gasteiger partial charge is 0.306 e. The van der Waals surface area contributed by atoms with E-state index < -0.39 is 11.8 Å². The van der Waals surface area contributed by atoms with Crippen LogP contribution in [0.25, 0.3) is 0 Å². The van der Waals surface area contributed by atoms with Crippen molar-refractivity contribution in [3.8, 4) is 0 Å². The van der Waals surface area contributed by atoms with Crippen LogP contribution in [0.4, 0.5) is 4.39 Å². The van der Waals surface area contributed by atoms with Crippen molar-refractivity contribution in [3.05, 3.63) is 35.6 Å². The van der Waals surface area contributed by atoms with Gasteiger partial charge in [-0.05, 0) is 43.7 Å². The summed E-state index contributed by atoms with van der Waals surface area (Å²) in [5, 5.41) is 8.91. The van der Waals surface area contributed by atoms with Gasteiger partial charge in [0.05, 0.1) is 5.92 Å². The molecule has 0 aromatic heterocycles. The van der Waals surface area contributed by atoms with Crippen LogP contribution in [0, 0.1) is 17.7 Å². The van der Waals surface area contributed by atoms with E-state index in [0.29, 0.717) is 24.8 Å². The molecular weight excluding hydrogens is 247 g/mol. The quantitative estimate of drug-likeness (QED) is 0.849. The van der Waals surface area contributed by atoms with Crippen molar-refractivity contribution in [3.63, 3.8) is 0 Å². The van der Waals surface area contributed by atoms with Crippen molar-refractivity contribution < 1.29 is 19.1 Å². The van der Waals surface area contributed by atoms with Gasteiger partial charge in [-0.15, -0.1) is 0 Å². The molecule has 102 valence electrons. The Morgan fingerprint density at radius 2 is 1.89 bits per heavy atom. The zero-order chi connectivity index (χ0) is 13.8. The highest BCUT2D eigenvalue weighted by Crippen LogP contribution is 2.31. The number of aliphatic carboxylic acids is 1. The Kier molecular flexibility index (Phi) is 4.30. The highest BCUT2D eigenvalue weighted by molar-refractivity contribution is 5.96. The Morgan fingerprint density at radius 3 is 2.47 bits per heavy atom. The van der Waals surface area contributed by atoms with Gasteiger partial charge in [0, 0.05) is 12.0 Å². The first kappa shape index (κ1) is 13.7. The molecule has 1 aliphatic rings. The van der Waals surface area contributed by atoms with Gasteiger partial charge in [0.2, 0.25) is 0 Å². The summed E-state index contributed by atoms with van der Waals surface area (Å²) < 4.78 is 13.0. The predicted octanol–water partition coefficient (Wildman–Crippen LogP) is 3.29. The molecule has 0 heterocycles. The second-order valence-electron chi connectivity index (χ2n) is 5.19. The maximum Gasteiger partial charge on any atom is 0.306 e. The molecule has 0 unspecified atom stereocenters. The molecule has 3 nitrogen and oxygen atoms in total. The van der Waals surface area contributed by atoms with Gasteiger partial charge >= 0.3 is 5.97 Å². The summed E-state index contributed by atoms with van der Waals surface area (Å²) in [6.45, 7) is 0.